The molecule has 0 radical (unpaired) electrons. The number of ether oxygens (including phenoxy) is 3. The first-order valence-electron chi connectivity index (χ1n) is 16.7. The smallest absolute Gasteiger partial charge is 0.165 e. The Labute approximate surface area is 251 Å². The van der Waals surface area contributed by atoms with E-state index in [-0.39, 0.29) is 29.3 Å². The molecule has 2 spiro atoms. The van der Waals surface area contributed by atoms with Crippen LogP contribution in [0.3, 0.4) is 0 Å². The number of aliphatic hydroxyl groups is 2. The zero-order valence-electron chi connectivity index (χ0n) is 25.6. The van der Waals surface area contributed by atoms with Crippen molar-refractivity contribution in [2.45, 2.75) is 113 Å². The molecule has 0 aromatic heterocycles. The van der Waals surface area contributed by atoms with Gasteiger partial charge in [0, 0.05) is 30.4 Å². The molecule has 0 amide bonds. The summed E-state index contributed by atoms with van der Waals surface area (Å²) in [6.45, 7) is 1.81. The van der Waals surface area contributed by atoms with Crippen molar-refractivity contribution < 1.29 is 24.4 Å². The van der Waals surface area contributed by atoms with Gasteiger partial charge in [-0.05, 0) is 105 Å². The number of rotatable bonds is 8. The highest BCUT2D eigenvalue weighted by molar-refractivity contribution is 5.61. The first-order valence-corrected chi connectivity index (χ1v) is 16.7. The van der Waals surface area contributed by atoms with E-state index in [4.69, 9.17) is 14.2 Å². The van der Waals surface area contributed by atoms with Crippen molar-refractivity contribution in [3.05, 3.63) is 59.2 Å². The van der Waals surface area contributed by atoms with Gasteiger partial charge < -0.3 is 24.4 Å². The first-order chi connectivity index (χ1) is 20.3. The lowest BCUT2D eigenvalue weighted by Gasteiger charge is -2.63. The third kappa shape index (κ3) is 3.65. The predicted octanol–water partition coefficient (Wildman–Crippen LogP) is 6.70. The number of aliphatic hydroxyl groups excluding tert-OH is 1. The molecular formula is C37H48O5. The first kappa shape index (κ1) is 27.5. The van der Waals surface area contributed by atoms with E-state index in [1.165, 1.54) is 36.8 Å². The van der Waals surface area contributed by atoms with Crippen LogP contribution in [0.2, 0.25) is 0 Å². The fourth-order valence-electron chi connectivity index (χ4n) is 11.6. The topological polar surface area (TPSA) is 68.2 Å². The average molecular weight is 573 g/mol. The zero-order chi connectivity index (χ0) is 28.9. The summed E-state index contributed by atoms with van der Waals surface area (Å²) in [6, 6.07) is 14.6. The molecule has 226 valence electrons. The Morgan fingerprint density at radius 1 is 1.05 bits per heavy atom. The van der Waals surface area contributed by atoms with E-state index < -0.39 is 17.3 Å². The summed E-state index contributed by atoms with van der Waals surface area (Å²) >= 11 is 0. The molecule has 5 heteroatoms. The maximum atomic E-state index is 13.1. The Hall–Kier alpha value is -2.08. The van der Waals surface area contributed by atoms with E-state index in [1.54, 1.807) is 7.11 Å². The summed E-state index contributed by atoms with van der Waals surface area (Å²) < 4.78 is 20.0. The largest absolute Gasteiger partial charge is 0.493 e. The van der Waals surface area contributed by atoms with Gasteiger partial charge >= 0.3 is 0 Å². The standard InChI is InChI=1S/C37H48O5/c1-23(38)19-36(39,27-8-5-4-6-9-27)30-15-13-28-26(18-24-10-11-24)21-34(28)20-25-12-14-29(40-2)32-31(25)35(22-34)16-7-17-37(30,41-3)33(35)42-32/h4-6,8-9,12,14,23-24,26,28,30,33,38-39H,7,10-11,13,15-22H2,1-3H3/t23?,26?,28-,30-,33-,34-,35-,36+,37-/m1/s1. The fourth-order valence-corrected chi connectivity index (χ4v) is 11.6. The zero-order valence-corrected chi connectivity index (χ0v) is 25.6. The maximum Gasteiger partial charge on any atom is 0.165 e. The van der Waals surface area contributed by atoms with Crippen LogP contribution in [0.25, 0.3) is 0 Å². The second kappa shape index (κ2) is 9.46. The van der Waals surface area contributed by atoms with Gasteiger partial charge in [0.2, 0.25) is 0 Å². The van der Waals surface area contributed by atoms with Crippen molar-refractivity contribution in [3.8, 4) is 11.5 Å². The van der Waals surface area contributed by atoms with E-state index in [0.717, 1.165) is 73.8 Å². The Kier molecular flexibility index (Phi) is 6.19. The van der Waals surface area contributed by atoms with Gasteiger partial charge in [-0.25, -0.2) is 0 Å². The average Bonchev–Trinajstić information content (AvgIpc) is 3.73. The molecule has 0 saturated heterocycles. The number of hydrogen-bond donors (Lipinski definition) is 2. The molecule has 4 saturated carbocycles. The van der Waals surface area contributed by atoms with Gasteiger partial charge in [-0.3, -0.25) is 0 Å². The molecule has 9 atom stereocenters. The van der Waals surface area contributed by atoms with Crippen molar-refractivity contribution >= 4 is 0 Å². The lowest BCUT2D eigenvalue weighted by molar-refractivity contribution is -0.221. The van der Waals surface area contributed by atoms with Crippen LogP contribution in [0.5, 0.6) is 11.5 Å². The van der Waals surface area contributed by atoms with Gasteiger partial charge in [-0.2, -0.15) is 0 Å². The summed E-state index contributed by atoms with van der Waals surface area (Å²) in [5.74, 6) is 3.85. The Morgan fingerprint density at radius 2 is 1.86 bits per heavy atom. The van der Waals surface area contributed by atoms with Crippen LogP contribution in [0, 0.1) is 29.1 Å². The maximum absolute atomic E-state index is 13.1. The Bertz CT molecular complexity index is 1350. The Morgan fingerprint density at radius 3 is 2.57 bits per heavy atom. The third-order valence-electron chi connectivity index (χ3n) is 13.1. The van der Waals surface area contributed by atoms with Gasteiger partial charge in [-0.15, -0.1) is 0 Å². The summed E-state index contributed by atoms with van der Waals surface area (Å²) in [4.78, 5) is 0. The molecule has 2 N–H and O–H groups in total. The third-order valence-corrected chi connectivity index (χ3v) is 13.1. The van der Waals surface area contributed by atoms with E-state index in [1.807, 2.05) is 44.4 Å². The lowest BCUT2D eigenvalue weighted by Crippen LogP contribution is -2.67. The van der Waals surface area contributed by atoms with E-state index >= 15 is 0 Å². The van der Waals surface area contributed by atoms with Crippen molar-refractivity contribution in [2.24, 2.45) is 29.1 Å². The summed E-state index contributed by atoms with van der Waals surface area (Å²) in [5.41, 5.74) is 1.89. The predicted molar refractivity (Wildman–Crippen MR) is 162 cm³/mol. The summed E-state index contributed by atoms with van der Waals surface area (Å²) in [5, 5.41) is 24.0. The molecule has 2 aromatic carbocycles. The second-order valence-electron chi connectivity index (χ2n) is 15.2. The molecule has 4 fully saturated rings. The Balaban J connectivity index is 1.35. The molecule has 1 heterocycles. The second-order valence-corrected chi connectivity index (χ2v) is 15.2. The van der Waals surface area contributed by atoms with Gasteiger partial charge in [-0.1, -0.05) is 49.2 Å². The summed E-state index contributed by atoms with van der Waals surface area (Å²) in [7, 11) is 3.60. The molecular weight excluding hydrogens is 524 g/mol. The monoisotopic (exact) mass is 572 g/mol. The van der Waals surface area contributed by atoms with Crippen molar-refractivity contribution in [1.82, 2.24) is 0 Å². The van der Waals surface area contributed by atoms with Gasteiger partial charge in [0.15, 0.2) is 11.5 Å². The molecule has 2 aromatic rings. The molecule has 6 aliphatic rings. The van der Waals surface area contributed by atoms with Crippen LogP contribution < -0.4 is 9.47 Å². The van der Waals surface area contributed by atoms with E-state index in [9.17, 15) is 10.2 Å². The van der Waals surface area contributed by atoms with Gasteiger partial charge in [0.05, 0.1) is 18.8 Å². The minimum Gasteiger partial charge on any atom is -0.493 e. The number of methoxy groups -OCH3 is 2. The highest BCUT2D eigenvalue weighted by atomic mass is 16.6. The normalized spacial score (nSPS) is 39.8. The lowest BCUT2D eigenvalue weighted by atomic mass is 9.41. The van der Waals surface area contributed by atoms with Crippen LogP contribution in [0.4, 0.5) is 0 Å². The number of benzene rings is 2. The van der Waals surface area contributed by atoms with Crippen molar-refractivity contribution in [2.75, 3.05) is 14.2 Å². The van der Waals surface area contributed by atoms with E-state index in [0.29, 0.717) is 5.92 Å². The number of hydrogen-bond acceptors (Lipinski definition) is 5. The molecule has 5 aliphatic carbocycles. The van der Waals surface area contributed by atoms with Crippen molar-refractivity contribution in [3.63, 3.8) is 0 Å². The molecule has 1 aliphatic heterocycles. The van der Waals surface area contributed by atoms with Gasteiger partial charge in [0.25, 0.3) is 0 Å². The minimum atomic E-state index is -1.25. The molecule has 8 rings (SSSR count). The summed E-state index contributed by atoms with van der Waals surface area (Å²) in [6.07, 6.45) is 12.1. The van der Waals surface area contributed by atoms with Gasteiger partial charge in [0.1, 0.15) is 11.7 Å². The molecule has 3 bridgehead atoms. The highest BCUT2D eigenvalue weighted by Gasteiger charge is 2.72. The van der Waals surface area contributed by atoms with Crippen LogP contribution >= 0.6 is 0 Å². The molecule has 42 heavy (non-hydrogen) atoms. The van der Waals surface area contributed by atoms with Crippen molar-refractivity contribution in [1.29, 1.82) is 0 Å². The molecule has 2 unspecified atom stereocenters. The SMILES string of the molecule is COc1ccc2c3c1O[C@@H]1[C@@]34CCC[C@@]1(OC)[C@@H]([C@](O)(CC(C)O)c1ccccc1)CC[C@@H]1C(CC3CC3)C[C@]1(C2)C4. The fraction of sp³-hybridized carbons (Fsp3) is 0.676. The van der Waals surface area contributed by atoms with Crippen LogP contribution in [-0.4, -0.2) is 42.2 Å². The van der Waals surface area contributed by atoms with E-state index in [2.05, 4.69) is 12.1 Å². The van der Waals surface area contributed by atoms with Crippen LogP contribution in [0.1, 0.15) is 94.2 Å². The van der Waals surface area contributed by atoms with Crippen LogP contribution in [0.15, 0.2) is 42.5 Å². The minimum absolute atomic E-state index is 0.153. The quantitative estimate of drug-likeness (QED) is 0.368. The highest BCUT2D eigenvalue weighted by Crippen LogP contribution is 2.73. The van der Waals surface area contributed by atoms with Crippen LogP contribution in [-0.2, 0) is 22.2 Å². The molecule has 5 nitrogen and oxygen atoms in total.